The first-order chi connectivity index (χ1) is 15.3. The predicted octanol–water partition coefficient (Wildman–Crippen LogP) is 3.20. The zero-order chi connectivity index (χ0) is 23.1. The molecule has 1 amide bonds. The van der Waals surface area contributed by atoms with Gasteiger partial charge in [-0.05, 0) is 47.0 Å². The molecule has 0 bridgehead atoms. The fourth-order valence-corrected chi connectivity index (χ4v) is 3.75. The van der Waals surface area contributed by atoms with Gasteiger partial charge in [-0.1, -0.05) is 42.5 Å². The molecule has 3 rings (SSSR count). The van der Waals surface area contributed by atoms with Crippen LogP contribution in [0.1, 0.15) is 16.7 Å². The number of nitrogens with one attached hydrogen (secondary N) is 2. The van der Waals surface area contributed by atoms with Crippen molar-refractivity contribution < 1.29 is 13.2 Å². The molecule has 7 nitrogen and oxygen atoms in total. The number of rotatable bonds is 7. The van der Waals surface area contributed by atoms with Crippen LogP contribution in [0.3, 0.4) is 0 Å². The van der Waals surface area contributed by atoms with Crippen molar-refractivity contribution in [3.05, 3.63) is 89.5 Å². The minimum Gasteiger partial charge on any atom is -0.373 e. The molecule has 0 radical (unpaired) electrons. The van der Waals surface area contributed by atoms with Crippen LogP contribution in [-0.4, -0.2) is 26.6 Å². The molecule has 0 aromatic heterocycles. The molecule has 8 heteroatoms. The van der Waals surface area contributed by atoms with Crippen LogP contribution < -0.4 is 10.0 Å². The monoisotopic (exact) mass is 444 g/mol. The molecule has 0 saturated carbocycles. The van der Waals surface area contributed by atoms with Gasteiger partial charge in [0.2, 0.25) is 10.0 Å². The van der Waals surface area contributed by atoms with Crippen molar-refractivity contribution in [2.24, 2.45) is 0 Å². The lowest BCUT2D eigenvalue weighted by Crippen LogP contribution is -2.43. The van der Waals surface area contributed by atoms with Crippen molar-refractivity contribution in [1.82, 2.24) is 4.72 Å². The molecule has 2 N–H and O–H groups in total. The molecule has 3 aromatic carbocycles. The van der Waals surface area contributed by atoms with Crippen LogP contribution in [0.25, 0.3) is 11.1 Å². The fraction of sp³-hybridized carbons (Fsp3) is 0.125. The number of hydrogen-bond donors (Lipinski definition) is 2. The van der Waals surface area contributed by atoms with Gasteiger partial charge < -0.3 is 5.32 Å². The van der Waals surface area contributed by atoms with E-state index in [0.717, 1.165) is 17.4 Å². The number of carbonyl (C=O) groups excluding carboxylic acids is 1. The number of sulfonamides is 1. The van der Waals surface area contributed by atoms with Crippen molar-refractivity contribution in [2.75, 3.05) is 11.6 Å². The number of nitrogens with zero attached hydrogens (tertiary/aromatic N) is 2. The molecule has 1 atom stereocenters. The molecule has 160 valence electrons. The molecule has 3 aromatic rings. The lowest BCUT2D eigenvalue weighted by molar-refractivity contribution is -0.120. The van der Waals surface area contributed by atoms with Crippen molar-refractivity contribution >= 4 is 21.6 Å². The molecule has 0 saturated heterocycles. The number of nitriles is 2. The van der Waals surface area contributed by atoms with Crippen LogP contribution >= 0.6 is 0 Å². The second-order valence-corrected chi connectivity index (χ2v) is 8.93. The quantitative estimate of drug-likeness (QED) is 0.577. The molecule has 0 spiro atoms. The third kappa shape index (κ3) is 5.94. The van der Waals surface area contributed by atoms with E-state index >= 15 is 0 Å². The Morgan fingerprint density at radius 1 is 0.969 bits per heavy atom. The Labute approximate surface area is 187 Å². The van der Waals surface area contributed by atoms with E-state index in [2.05, 4.69) is 11.4 Å². The molecule has 0 heterocycles. The first kappa shape index (κ1) is 22.5. The molecule has 32 heavy (non-hydrogen) atoms. The van der Waals surface area contributed by atoms with E-state index in [1.165, 1.54) is 0 Å². The predicted molar refractivity (Wildman–Crippen MR) is 122 cm³/mol. The highest BCUT2D eigenvalue weighted by atomic mass is 32.2. The molecule has 0 aliphatic carbocycles. The number of amides is 1. The third-order valence-electron chi connectivity index (χ3n) is 4.68. The Morgan fingerprint density at radius 2 is 1.69 bits per heavy atom. The molecule has 0 unspecified atom stereocenters. The second-order valence-electron chi connectivity index (χ2n) is 7.19. The van der Waals surface area contributed by atoms with E-state index in [9.17, 15) is 18.5 Å². The van der Waals surface area contributed by atoms with E-state index in [0.29, 0.717) is 22.4 Å². The third-order valence-corrected chi connectivity index (χ3v) is 5.25. The van der Waals surface area contributed by atoms with Gasteiger partial charge in [-0.2, -0.15) is 10.5 Å². The van der Waals surface area contributed by atoms with E-state index in [4.69, 9.17) is 5.26 Å². The average molecular weight is 445 g/mol. The summed E-state index contributed by atoms with van der Waals surface area (Å²) in [5, 5.41) is 21.5. The Balaban J connectivity index is 1.86. The van der Waals surface area contributed by atoms with Crippen LogP contribution in [-0.2, 0) is 21.2 Å². The fourth-order valence-electron chi connectivity index (χ4n) is 3.25. The normalized spacial score (nSPS) is 11.6. The number of hydrogen-bond acceptors (Lipinski definition) is 6. The Hall–Kier alpha value is -4.14. The summed E-state index contributed by atoms with van der Waals surface area (Å²) in [5.74, 6) is -0.700. The summed E-state index contributed by atoms with van der Waals surface area (Å²) in [7, 11) is -3.74. The summed E-state index contributed by atoms with van der Waals surface area (Å²) >= 11 is 0. The number of benzene rings is 3. The Bertz CT molecular complexity index is 1320. The van der Waals surface area contributed by atoms with E-state index in [1.807, 2.05) is 35.1 Å². The second kappa shape index (κ2) is 9.78. The van der Waals surface area contributed by atoms with Crippen molar-refractivity contribution in [2.45, 2.75) is 12.5 Å². The largest absolute Gasteiger partial charge is 0.373 e. The highest BCUT2D eigenvalue weighted by Crippen LogP contribution is 2.25. The molecular formula is C24H20N4O3S. The number of anilines is 1. The van der Waals surface area contributed by atoms with E-state index < -0.39 is 22.0 Å². The standard InChI is InChI=1S/C24H20N4O3S/c1-32(30,31)28-24(29)23(14-17-5-4-6-18(13-17)15-25)27-21-11-9-19(10-12-21)22-8-3-2-7-20(22)16-26/h2-13,23,27H,14H2,1H3,(H,28,29)/t23-/m0/s1. The van der Waals surface area contributed by atoms with Crippen LogP contribution in [0, 0.1) is 22.7 Å². The Morgan fingerprint density at radius 3 is 2.34 bits per heavy atom. The summed E-state index contributed by atoms with van der Waals surface area (Å²) in [6, 6.07) is 24.5. The smallest absolute Gasteiger partial charge is 0.256 e. The van der Waals surface area contributed by atoms with Crippen LogP contribution in [0.15, 0.2) is 72.8 Å². The van der Waals surface area contributed by atoms with Gasteiger partial charge in [0.15, 0.2) is 0 Å². The maximum absolute atomic E-state index is 12.6. The summed E-state index contributed by atoms with van der Waals surface area (Å²) in [5.41, 5.74) is 3.95. The van der Waals surface area contributed by atoms with Gasteiger partial charge in [0, 0.05) is 12.1 Å². The first-order valence-corrected chi connectivity index (χ1v) is 11.5. The Kier molecular flexibility index (Phi) is 6.89. The number of carbonyl (C=O) groups is 1. The van der Waals surface area contributed by atoms with Crippen LogP contribution in [0.5, 0.6) is 0 Å². The zero-order valence-corrected chi connectivity index (χ0v) is 18.1. The van der Waals surface area contributed by atoms with Gasteiger partial charge in [0.25, 0.3) is 5.91 Å². The van der Waals surface area contributed by atoms with Gasteiger partial charge >= 0.3 is 0 Å². The van der Waals surface area contributed by atoms with Gasteiger partial charge in [0.1, 0.15) is 6.04 Å². The first-order valence-electron chi connectivity index (χ1n) is 9.66. The summed E-state index contributed by atoms with van der Waals surface area (Å²) in [4.78, 5) is 12.6. The van der Waals surface area contributed by atoms with Crippen molar-refractivity contribution in [3.63, 3.8) is 0 Å². The topological polar surface area (TPSA) is 123 Å². The maximum Gasteiger partial charge on any atom is 0.256 e. The highest BCUT2D eigenvalue weighted by molar-refractivity contribution is 7.89. The summed E-state index contributed by atoms with van der Waals surface area (Å²) in [6.45, 7) is 0. The lowest BCUT2D eigenvalue weighted by atomic mass is 10.00. The average Bonchev–Trinajstić information content (AvgIpc) is 2.78. The van der Waals surface area contributed by atoms with E-state index in [1.54, 1.807) is 48.5 Å². The molecule has 0 fully saturated rings. The minimum atomic E-state index is -3.74. The SMILES string of the molecule is CS(=O)(=O)NC(=O)[C@H](Cc1cccc(C#N)c1)Nc1ccc(-c2ccccc2C#N)cc1. The minimum absolute atomic E-state index is 0.176. The summed E-state index contributed by atoms with van der Waals surface area (Å²) in [6.07, 6.45) is 1.09. The molecular weight excluding hydrogens is 424 g/mol. The van der Waals surface area contributed by atoms with Crippen LogP contribution in [0.4, 0.5) is 5.69 Å². The summed E-state index contributed by atoms with van der Waals surface area (Å²) < 4.78 is 25.2. The van der Waals surface area contributed by atoms with Crippen molar-refractivity contribution in [1.29, 1.82) is 10.5 Å². The van der Waals surface area contributed by atoms with Gasteiger partial charge in [-0.25, -0.2) is 8.42 Å². The lowest BCUT2D eigenvalue weighted by Gasteiger charge is -2.19. The van der Waals surface area contributed by atoms with Gasteiger partial charge in [-0.15, -0.1) is 0 Å². The maximum atomic E-state index is 12.6. The zero-order valence-electron chi connectivity index (χ0n) is 17.2. The van der Waals surface area contributed by atoms with Gasteiger partial charge in [-0.3, -0.25) is 9.52 Å². The van der Waals surface area contributed by atoms with E-state index in [-0.39, 0.29) is 6.42 Å². The van der Waals surface area contributed by atoms with Crippen molar-refractivity contribution in [3.8, 4) is 23.3 Å². The molecule has 0 aliphatic rings. The van der Waals surface area contributed by atoms with Crippen LogP contribution in [0.2, 0.25) is 0 Å². The van der Waals surface area contributed by atoms with Gasteiger partial charge in [0.05, 0.1) is 29.5 Å². The molecule has 0 aliphatic heterocycles. The highest BCUT2D eigenvalue weighted by Gasteiger charge is 2.22.